The van der Waals surface area contributed by atoms with Crippen molar-refractivity contribution in [2.45, 2.75) is 189 Å². The number of hydrogen-bond donors (Lipinski definition) is 13. The summed E-state index contributed by atoms with van der Waals surface area (Å²) in [6, 6.07) is 0. The van der Waals surface area contributed by atoms with Crippen LogP contribution in [0.5, 0.6) is 0 Å². The first-order valence-corrected chi connectivity index (χ1v) is 22.3. The number of carbonyl (C=O) groups is 5. The van der Waals surface area contributed by atoms with Gasteiger partial charge in [0.15, 0.2) is 0 Å². The Labute approximate surface area is 398 Å². The van der Waals surface area contributed by atoms with Crippen LogP contribution in [0.4, 0.5) is 0 Å². The molecular weight excluding hydrogens is 896 g/mol. The third kappa shape index (κ3) is 121. The molecule has 0 aromatic heterocycles. The summed E-state index contributed by atoms with van der Waals surface area (Å²) in [5.74, 6) is -1.79. The van der Waals surface area contributed by atoms with Crippen LogP contribution >= 0.6 is 0 Å². The van der Waals surface area contributed by atoms with Crippen molar-refractivity contribution in [3.05, 3.63) is 0 Å². The standard InChI is InChI=1S/2C6H12O4.2C6H12O3.C6H14O2.C5H10O3.C5H12O2.C4H10O2/c2*1-5(8)10-4-6(9)2-3-7;2*1-5(7)3-4-9-6(2)8;1-2-3-6(8)4-5-7;1-4(6)3-8-5(2)7;1-2-5(7)3-4-6;1-4(6)2-3-5/h2*6-7,9H,2-4H2,1H3;2*5,7H,3-4H2,1-2H3;6-8H,2-5H2,1H3;4,6H,3H2,1-2H3;5-7H,2-4H2,1H3;4-6H,2-3H2,1H3. The smallest absolute Gasteiger partial charge is 0.302 e. The number of aliphatic hydroxyl groups excluding tert-OH is 13. The second kappa shape index (κ2) is 64.9. The van der Waals surface area contributed by atoms with E-state index in [0.717, 1.165) is 19.3 Å². The van der Waals surface area contributed by atoms with Gasteiger partial charge < -0.3 is 90.1 Å². The number of rotatable bonds is 25. The predicted octanol–water partition coefficient (Wildman–Crippen LogP) is -0.424. The van der Waals surface area contributed by atoms with Crippen molar-refractivity contribution in [2.24, 2.45) is 0 Å². The lowest BCUT2D eigenvalue weighted by atomic mass is 10.2. The molecular formula is C44H94O23. The minimum absolute atomic E-state index is 0.0319. The molecule has 0 saturated heterocycles. The zero-order valence-electron chi connectivity index (χ0n) is 42.2. The molecule has 0 aliphatic carbocycles. The molecule has 67 heavy (non-hydrogen) atoms. The van der Waals surface area contributed by atoms with Crippen molar-refractivity contribution in [3.63, 3.8) is 0 Å². The number of aliphatic hydroxyl groups is 13. The number of carbonyl (C=O) groups excluding carboxylic acids is 5. The zero-order chi connectivity index (χ0) is 54.2. The van der Waals surface area contributed by atoms with Crippen LogP contribution in [-0.2, 0) is 47.7 Å². The largest absolute Gasteiger partial charge is 0.466 e. The van der Waals surface area contributed by atoms with Gasteiger partial charge in [0.05, 0.1) is 62.0 Å². The molecule has 0 bridgehead atoms. The van der Waals surface area contributed by atoms with E-state index in [9.17, 15) is 24.0 Å². The van der Waals surface area contributed by atoms with Crippen LogP contribution in [-0.4, -0.2) is 211 Å². The quantitative estimate of drug-likeness (QED) is 0.0408. The van der Waals surface area contributed by atoms with Crippen LogP contribution in [0.2, 0.25) is 0 Å². The van der Waals surface area contributed by atoms with Gasteiger partial charge in [-0.05, 0) is 72.6 Å². The van der Waals surface area contributed by atoms with Crippen molar-refractivity contribution in [1.82, 2.24) is 0 Å². The maximum Gasteiger partial charge on any atom is 0.302 e. The molecule has 0 heterocycles. The van der Waals surface area contributed by atoms with E-state index in [-0.39, 0.29) is 114 Å². The van der Waals surface area contributed by atoms with E-state index in [1.807, 2.05) is 13.8 Å². The third-order valence-electron chi connectivity index (χ3n) is 6.66. The lowest BCUT2D eigenvalue weighted by molar-refractivity contribution is -0.145. The Balaban J connectivity index is -0.0000000994. The lowest BCUT2D eigenvalue weighted by Gasteiger charge is -2.07. The molecule has 8 unspecified atom stereocenters. The van der Waals surface area contributed by atoms with Crippen LogP contribution in [0.25, 0.3) is 0 Å². The van der Waals surface area contributed by atoms with Crippen molar-refractivity contribution in [2.75, 3.05) is 66.1 Å². The highest BCUT2D eigenvalue weighted by atomic mass is 16.6. The summed E-state index contributed by atoms with van der Waals surface area (Å²) in [6.45, 7) is 17.7. The molecule has 0 saturated carbocycles. The van der Waals surface area contributed by atoms with Crippen LogP contribution < -0.4 is 0 Å². The summed E-state index contributed by atoms with van der Waals surface area (Å²) in [5, 5.41) is 111. The van der Waals surface area contributed by atoms with Gasteiger partial charge in [-0.3, -0.25) is 24.0 Å². The van der Waals surface area contributed by atoms with E-state index in [4.69, 9.17) is 66.4 Å². The first-order chi connectivity index (χ1) is 31.1. The van der Waals surface area contributed by atoms with Gasteiger partial charge in [-0.15, -0.1) is 0 Å². The molecule has 0 fully saturated rings. The van der Waals surface area contributed by atoms with Gasteiger partial charge in [-0.2, -0.15) is 0 Å². The summed E-state index contributed by atoms with van der Waals surface area (Å²) < 4.78 is 22.4. The highest BCUT2D eigenvalue weighted by Crippen LogP contribution is 1.99. The third-order valence-corrected chi connectivity index (χ3v) is 6.66. The molecule has 0 aliphatic rings. The minimum Gasteiger partial charge on any atom is -0.466 e. The number of ether oxygens (including phenoxy) is 5. The molecule has 13 N–H and O–H groups in total. The molecule has 23 nitrogen and oxygen atoms in total. The molecule has 0 aromatic carbocycles. The molecule has 0 amide bonds. The average molecular weight is 991 g/mol. The fourth-order valence-corrected chi connectivity index (χ4v) is 3.04. The Morgan fingerprint density at radius 2 is 0.612 bits per heavy atom. The van der Waals surface area contributed by atoms with Gasteiger partial charge in [0.1, 0.15) is 19.8 Å². The molecule has 0 aliphatic heterocycles. The topological polar surface area (TPSA) is 394 Å². The highest BCUT2D eigenvalue weighted by molar-refractivity contribution is 5.67. The van der Waals surface area contributed by atoms with Crippen LogP contribution in [0.15, 0.2) is 0 Å². The van der Waals surface area contributed by atoms with E-state index in [1.165, 1.54) is 34.6 Å². The Kier molecular flexibility index (Phi) is 78.3. The molecule has 0 aromatic rings. The predicted molar refractivity (Wildman–Crippen MR) is 247 cm³/mol. The fraction of sp³-hybridized carbons (Fsp3) is 0.886. The van der Waals surface area contributed by atoms with E-state index >= 15 is 0 Å². The second-order valence-electron chi connectivity index (χ2n) is 14.4. The Morgan fingerprint density at radius 3 is 0.791 bits per heavy atom. The minimum atomic E-state index is -0.742. The lowest BCUT2D eigenvalue weighted by Crippen LogP contribution is -2.18. The second-order valence-corrected chi connectivity index (χ2v) is 14.4. The van der Waals surface area contributed by atoms with Crippen molar-refractivity contribution < 1.29 is 114 Å². The van der Waals surface area contributed by atoms with E-state index in [1.54, 1.807) is 27.7 Å². The molecule has 0 spiro atoms. The monoisotopic (exact) mass is 991 g/mol. The SMILES string of the molecule is CC(=O)OCC(C)O.CC(=O)OCC(O)CCO.CC(=O)OCC(O)CCO.CC(=O)OCCC(C)O.CC(=O)OCCC(C)O.CC(O)CCO.CCC(O)CCO.CCCC(O)CCO. The normalized spacial score (nSPS) is 13.2. The van der Waals surface area contributed by atoms with Crippen LogP contribution in [0.3, 0.4) is 0 Å². The number of hydrogen-bond acceptors (Lipinski definition) is 23. The summed E-state index contributed by atoms with van der Waals surface area (Å²) in [6.07, 6.45) is 1.81. The average Bonchev–Trinajstić information content (AvgIpc) is 3.20. The Morgan fingerprint density at radius 1 is 0.343 bits per heavy atom. The summed E-state index contributed by atoms with van der Waals surface area (Å²) in [7, 11) is 0. The van der Waals surface area contributed by atoms with Gasteiger partial charge in [-0.1, -0.05) is 20.3 Å². The fourth-order valence-electron chi connectivity index (χ4n) is 3.04. The maximum absolute atomic E-state index is 10.2. The Hall–Kier alpha value is -3.17. The summed E-state index contributed by atoms with van der Waals surface area (Å²) in [4.78, 5) is 50.6. The molecule has 23 heteroatoms. The summed E-state index contributed by atoms with van der Waals surface area (Å²) >= 11 is 0. The van der Waals surface area contributed by atoms with Crippen molar-refractivity contribution in [1.29, 1.82) is 0 Å². The van der Waals surface area contributed by atoms with E-state index in [0.29, 0.717) is 45.3 Å². The summed E-state index contributed by atoms with van der Waals surface area (Å²) in [5.41, 5.74) is 0. The van der Waals surface area contributed by atoms with Gasteiger partial charge >= 0.3 is 29.8 Å². The van der Waals surface area contributed by atoms with E-state index in [2.05, 4.69) is 23.7 Å². The highest BCUT2D eigenvalue weighted by Gasteiger charge is 2.05. The van der Waals surface area contributed by atoms with Crippen molar-refractivity contribution in [3.8, 4) is 0 Å². The van der Waals surface area contributed by atoms with Gasteiger partial charge in [0.2, 0.25) is 0 Å². The molecule has 8 atom stereocenters. The van der Waals surface area contributed by atoms with Gasteiger partial charge in [-0.25, -0.2) is 0 Å². The van der Waals surface area contributed by atoms with Crippen molar-refractivity contribution >= 4 is 29.8 Å². The zero-order valence-corrected chi connectivity index (χ0v) is 42.2. The maximum atomic E-state index is 10.2. The van der Waals surface area contributed by atoms with Crippen LogP contribution in [0, 0.1) is 0 Å². The first-order valence-electron chi connectivity index (χ1n) is 22.3. The Bertz CT molecular complexity index is 974. The van der Waals surface area contributed by atoms with Gasteiger partial charge in [0, 0.05) is 80.5 Å². The molecule has 0 radical (unpaired) electrons. The number of esters is 5. The molecule has 408 valence electrons. The van der Waals surface area contributed by atoms with E-state index < -0.39 is 30.3 Å². The van der Waals surface area contributed by atoms with Gasteiger partial charge in [0.25, 0.3) is 0 Å². The molecule has 0 rings (SSSR count). The first kappa shape index (κ1) is 80.8. The van der Waals surface area contributed by atoms with Crippen LogP contribution in [0.1, 0.15) is 140 Å².